The van der Waals surface area contributed by atoms with Crippen LogP contribution in [0.25, 0.3) is 0 Å². The Morgan fingerprint density at radius 1 is 1.24 bits per heavy atom. The van der Waals surface area contributed by atoms with Crippen LogP contribution in [0.1, 0.15) is 17.1 Å². The van der Waals surface area contributed by atoms with Crippen LogP contribution in [0.3, 0.4) is 0 Å². The number of nitrogens with one attached hydrogen (secondary N) is 1. The fourth-order valence-corrected chi connectivity index (χ4v) is 3.52. The van der Waals surface area contributed by atoms with Crippen LogP contribution in [-0.4, -0.2) is 13.5 Å². The van der Waals surface area contributed by atoms with E-state index in [9.17, 15) is 22.3 Å². The van der Waals surface area contributed by atoms with Crippen LogP contribution in [-0.2, 0) is 16.6 Å². The number of benzene rings is 1. The second-order valence-corrected chi connectivity index (χ2v) is 6.01. The van der Waals surface area contributed by atoms with Gasteiger partial charge in [-0.2, -0.15) is 0 Å². The third-order valence-electron chi connectivity index (χ3n) is 2.95. The van der Waals surface area contributed by atoms with E-state index < -0.39 is 34.0 Å². The van der Waals surface area contributed by atoms with Crippen molar-refractivity contribution in [3.63, 3.8) is 0 Å². The molecular formula is C13H13F2NO4S. The minimum absolute atomic E-state index is 0.0564. The number of aliphatic hydroxyl groups is 1. The lowest BCUT2D eigenvalue weighted by Crippen LogP contribution is -2.16. The topological polar surface area (TPSA) is 79.5 Å². The summed E-state index contributed by atoms with van der Waals surface area (Å²) in [7, 11) is -4.22. The Hall–Kier alpha value is -1.93. The number of rotatable bonds is 4. The van der Waals surface area contributed by atoms with E-state index in [1.165, 1.54) is 19.9 Å². The van der Waals surface area contributed by atoms with Gasteiger partial charge < -0.3 is 9.52 Å². The lowest BCUT2D eigenvalue weighted by atomic mass is 10.2. The van der Waals surface area contributed by atoms with Crippen molar-refractivity contribution in [2.45, 2.75) is 25.3 Å². The first-order valence-electron chi connectivity index (χ1n) is 5.94. The zero-order valence-corrected chi connectivity index (χ0v) is 12.1. The van der Waals surface area contributed by atoms with Gasteiger partial charge in [0.15, 0.2) is 11.6 Å². The summed E-state index contributed by atoms with van der Waals surface area (Å²) in [5.41, 5.74) is -0.436. The van der Waals surface area contributed by atoms with Gasteiger partial charge in [0.1, 0.15) is 16.4 Å². The van der Waals surface area contributed by atoms with Gasteiger partial charge in [0.25, 0.3) is 10.0 Å². The van der Waals surface area contributed by atoms with E-state index in [0.29, 0.717) is 0 Å². The van der Waals surface area contributed by atoms with Gasteiger partial charge in [0, 0.05) is 5.56 Å². The Bertz CT molecular complexity index is 784. The Labute approximate surface area is 120 Å². The number of furan rings is 1. The van der Waals surface area contributed by atoms with Gasteiger partial charge >= 0.3 is 0 Å². The van der Waals surface area contributed by atoms with Crippen LogP contribution >= 0.6 is 0 Å². The number of hydrogen-bond donors (Lipinski definition) is 2. The molecule has 2 rings (SSSR count). The maximum Gasteiger partial charge on any atom is 0.265 e. The van der Waals surface area contributed by atoms with Crippen molar-refractivity contribution in [2.24, 2.45) is 0 Å². The van der Waals surface area contributed by atoms with Gasteiger partial charge in [-0.1, -0.05) is 6.07 Å². The first-order chi connectivity index (χ1) is 9.77. The molecule has 0 saturated carbocycles. The molecular weight excluding hydrogens is 304 g/mol. The number of aliphatic hydroxyl groups excluding tert-OH is 1. The van der Waals surface area contributed by atoms with Gasteiger partial charge in [-0.15, -0.1) is 0 Å². The van der Waals surface area contributed by atoms with Gasteiger partial charge in [-0.25, -0.2) is 17.2 Å². The standard InChI is InChI=1S/C13H13F2NO4S/c1-7-9(6-17)13(8(2)20-7)21(18,19)16-11-5-3-4-10(14)12(11)15/h3-5,16-17H,6H2,1-2H3. The second kappa shape index (κ2) is 5.45. The molecule has 1 heterocycles. The SMILES string of the molecule is Cc1oc(C)c(S(=O)(=O)Nc2cccc(F)c2F)c1CO. The molecule has 0 radical (unpaired) electrons. The van der Waals surface area contributed by atoms with Crippen molar-refractivity contribution in [1.82, 2.24) is 0 Å². The van der Waals surface area contributed by atoms with E-state index >= 15 is 0 Å². The normalized spacial score (nSPS) is 11.7. The number of hydrogen-bond acceptors (Lipinski definition) is 4. The van der Waals surface area contributed by atoms with E-state index in [1.54, 1.807) is 0 Å². The number of halogens is 2. The van der Waals surface area contributed by atoms with Gasteiger partial charge in [0.05, 0.1) is 12.3 Å². The van der Waals surface area contributed by atoms with Crippen LogP contribution in [0.15, 0.2) is 27.5 Å². The molecule has 0 bridgehead atoms. The van der Waals surface area contributed by atoms with Crippen LogP contribution in [0.4, 0.5) is 14.5 Å². The summed E-state index contributed by atoms with van der Waals surface area (Å²) in [6.45, 7) is 2.36. The van der Waals surface area contributed by atoms with Gasteiger partial charge in [-0.05, 0) is 26.0 Å². The monoisotopic (exact) mass is 317 g/mol. The fraction of sp³-hybridized carbons (Fsp3) is 0.231. The summed E-state index contributed by atoms with van der Waals surface area (Å²) in [6, 6.07) is 3.15. The first kappa shape index (κ1) is 15.5. The Kier molecular flexibility index (Phi) is 4.02. The molecule has 21 heavy (non-hydrogen) atoms. The van der Waals surface area contributed by atoms with Gasteiger partial charge in [0.2, 0.25) is 0 Å². The molecule has 0 aliphatic heterocycles. The molecule has 0 amide bonds. The van der Waals surface area contributed by atoms with Crippen molar-refractivity contribution in [3.8, 4) is 0 Å². The molecule has 0 fully saturated rings. The van der Waals surface area contributed by atoms with Gasteiger partial charge in [-0.3, -0.25) is 4.72 Å². The lowest BCUT2D eigenvalue weighted by Gasteiger charge is -2.09. The maximum atomic E-state index is 13.6. The highest BCUT2D eigenvalue weighted by atomic mass is 32.2. The van der Waals surface area contributed by atoms with Crippen LogP contribution in [0.5, 0.6) is 0 Å². The van der Waals surface area contributed by atoms with Crippen molar-refractivity contribution >= 4 is 15.7 Å². The Morgan fingerprint density at radius 3 is 2.52 bits per heavy atom. The van der Waals surface area contributed by atoms with Crippen LogP contribution < -0.4 is 4.72 Å². The molecule has 0 atom stereocenters. The molecule has 2 aromatic rings. The van der Waals surface area contributed by atoms with E-state index in [4.69, 9.17) is 4.42 Å². The molecule has 0 unspecified atom stereocenters. The summed E-state index contributed by atoms with van der Waals surface area (Å²) < 4.78 is 58.4. The first-order valence-corrected chi connectivity index (χ1v) is 7.42. The molecule has 8 heteroatoms. The zero-order chi connectivity index (χ0) is 15.8. The number of sulfonamides is 1. The van der Waals surface area contributed by atoms with Crippen molar-refractivity contribution < 1.29 is 26.7 Å². The Balaban J connectivity index is 2.51. The third kappa shape index (κ3) is 2.77. The van der Waals surface area contributed by atoms with E-state index in [0.717, 1.165) is 12.1 Å². The van der Waals surface area contributed by atoms with Crippen molar-refractivity contribution in [3.05, 3.63) is 46.9 Å². The van der Waals surface area contributed by atoms with E-state index in [-0.39, 0.29) is 22.0 Å². The molecule has 1 aromatic heterocycles. The minimum Gasteiger partial charge on any atom is -0.465 e. The van der Waals surface area contributed by atoms with Crippen molar-refractivity contribution in [1.29, 1.82) is 0 Å². The molecule has 0 saturated heterocycles. The highest BCUT2D eigenvalue weighted by Crippen LogP contribution is 2.29. The van der Waals surface area contributed by atoms with Crippen LogP contribution in [0, 0.1) is 25.5 Å². The van der Waals surface area contributed by atoms with E-state index in [1.807, 2.05) is 4.72 Å². The fourth-order valence-electron chi connectivity index (χ4n) is 2.02. The molecule has 2 N–H and O–H groups in total. The maximum absolute atomic E-state index is 13.6. The zero-order valence-electron chi connectivity index (χ0n) is 11.3. The molecule has 0 aliphatic rings. The Morgan fingerprint density at radius 2 is 1.90 bits per heavy atom. The summed E-state index contributed by atoms with van der Waals surface area (Å²) >= 11 is 0. The molecule has 0 spiro atoms. The van der Waals surface area contributed by atoms with Crippen LogP contribution in [0.2, 0.25) is 0 Å². The smallest absolute Gasteiger partial charge is 0.265 e. The molecule has 5 nitrogen and oxygen atoms in total. The largest absolute Gasteiger partial charge is 0.465 e. The molecule has 114 valence electrons. The average Bonchev–Trinajstić information content (AvgIpc) is 2.69. The predicted molar refractivity (Wildman–Crippen MR) is 71.3 cm³/mol. The number of aryl methyl sites for hydroxylation is 2. The minimum atomic E-state index is -4.22. The summed E-state index contributed by atoms with van der Waals surface area (Å²) in [5.74, 6) is -2.17. The lowest BCUT2D eigenvalue weighted by molar-refractivity contribution is 0.276. The molecule has 0 aliphatic carbocycles. The third-order valence-corrected chi connectivity index (χ3v) is 4.51. The number of anilines is 1. The molecule has 1 aromatic carbocycles. The average molecular weight is 317 g/mol. The second-order valence-electron chi connectivity index (χ2n) is 4.39. The summed E-state index contributed by atoms with van der Waals surface area (Å²) in [6.07, 6.45) is 0. The van der Waals surface area contributed by atoms with Crippen molar-refractivity contribution in [2.75, 3.05) is 4.72 Å². The quantitative estimate of drug-likeness (QED) is 0.908. The highest BCUT2D eigenvalue weighted by Gasteiger charge is 2.27. The van der Waals surface area contributed by atoms with E-state index in [2.05, 4.69) is 0 Å². The summed E-state index contributed by atoms with van der Waals surface area (Å²) in [5, 5.41) is 9.25. The highest BCUT2D eigenvalue weighted by molar-refractivity contribution is 7.92. The summed E-state index contributed by atoms with van der Waals surface area (Å²) in [4.78, 5) is -0.272. The predicted octanol–water partition coefficient (Wildman–Crippen LogP) is 2.47.